The molecule has 0 aliphatic carbocycles. The Balaban J connectivity index is 2.13. The lowest BCUT2D eigenvalue weighted by atomic mass is 10.3. The van der Waals surface area contributed by atoms with Crippen molar-refractivity contribution in [3.8, 4) is 0 Å². The molecule has 0 spiro atoms. The molecule has 19 heavy (non-hydrogen) atoms. The molecule has 5 nitrogen and oxygen atoms in total. The summed E-state index contributed by atoms with van der Waals surface area (Å²) in [5, 5.41) is 15.9. The van der Waals surface area contributed by atoms with Gasteiger partial charge in [0.1, 0.15) is 0 Å². The van der Waals surface area contributed by atoms with Gasteiger partial charge in [0.25, 0.3) is 5.69 Å². The molecule has 0 N–H and O–H groups in total. The summed E-state index contributed by atoms with van der Waals surface area (Å²) in [4.78, 5) is 10.4. The van der Waals surface area contributed by atoms with Crippen LogP contribution in [-0.4, -0.2) is 15.1 Å². The first kappa shape index (κ1) is 13.7. The molecule has 0 atom stereocenters. The van der Waals surface area contributed by atoms with E-state index < -0.39 is 16.1 Å². The van der Waals surface area contributed by atoms with Crippen molar-refractivity contribution in [3.05, 3.63) is 39.4 Å². The van der Waals surface area contributed by atoms with E-state index in [2.05, 4.69) is 10.2 Å². The van der Waals surface area contributed by atoms with Gasteiger partial charge in [-0.2, -0.15) is 13.2 Å². The Bertz CT molecular complexity index is 598. The first-order valence-corrected chi connectivity index (χ1v) is 6.32. The topological polar surface area (TPSA) is 68.9 Å². The Hall–Kier alpha value is -1.68. The lowest BCUT2D eigenvalue weighted by Gasteiger charge is -1.98. The zero-order chi connectivity index (χ0) is 14.0. The zero-order valence-corrected chi connectivity index (χ0v) is 10.6. The van der Waals surface area contributed by atoms with Gasteiger partial charge in [0.15, 0.2) is 4.34 Å². The molecule has 1 heterocycles. The highest BCUT2D eigenvalue weighted by atomic mass is 32.2. The number of aromatic nitrogens is 2. The summed E-state index contributed by atoms with van der Waals surface area (Å²) in [6.45, 7) is 0. The molecule has 0 unspecified atom stereocenters. The van der Waals surface area contributed by atoms with E-state index in [-0.39, 0.29) is 10.0 Å². The van der Waals surface area contributed by atoms with Gasteiger partial charge in [0.2, 0.25) is 5.01 Å². The molecular weight excluding hydrogens is 303 g/mol. The highest BCUT2D eigenvalue weighted by molar-refractivity contribution is 8.01. The van der Waals surface area contributed by atoms with Crippen LogP contribution in [0, 0.1) is 10.1 Å². The first-order chi connectivity index (χ1) is 8.86. The Labute approximate surface area is 112 Å². The Morgan fingerprint density at radius 2 is 1.84 bits per heavy atom. The van der Waals surface area contributed by atoms with Crippen LogP contribution in [0.15, 0.2) is 33.5 Å². The van der Waals surface area contributed by atoms with Crippen molar-refractivity contribution >= 4 is 28.8 Å². The van der Waals surface area contributed by atoms with E-state index in [0.29, 0.717) is 16.2 Å². The van der Waals surface area contributed by atoms with Crippen LogP contribution in [0.3, 0.4) is 0 Å². The van der Waals surface area contributed by atoms with Crippen molar-refractivity contribution in [1.29, 1.82) is 0 Å². The predicted molar refractivity (Wildman–Crippen MR) is 62.1 cm³/mol. The van der Waals surface area contributed by atoms with Crippen LogP contribution in [0.2, 0.25) is 0 Å². The molecule has 2 rings (SSSR count). The molecule has 0 aliphatic rings. The Kier molecular flexibility index (Phi) is 3.71. The summed E-state index contributed by atoms with van der Waals surface area (Å²) >= 11 is 1.39. The second-order valence-electron chi connectivity index (χ2n) is 3.22. The molecule has 1 aromatic carbocycles. The van der Waals surface area contributed by atoms with Crippen molar-refractivity contribution < 1.29 is 18.1 Å². The van der Waals surface area contributed by atoms with Crippen molar-refractivity contribution in [2.75, 3.05) is 0 Å². The quantitative estimate of drug-likeness (QED) is 0.640. The highest BCUT2D eigenvalue weighted by Gasteiger charge is 2.35. The van der Waals surface area contributed by atoms with Gasteiger partial charge in [-0.3, -0.25) is 10.1 Å². The zero-order valence-electron chi connectivity index (χ0n) is 8.92. The highest BCUT2D eigenvalue weighted by Crippen LogP contribution is 2.37. The maximum Gasteiger partial charge on any atom is 0.445 e. The minimum atomic E-state index is -4.51. The number of hydrogen-bond donors (Lipinski definition) is 0. The van der Waals surface area contributed by atoms with E-state index >= 15 is 0 Å². The number of rotatable bonds is 3. The van der Waals surface area contributed by atoms with E-state index in [1.165, 1.54) is 24.3 Å². The standard InChI is InChI=1S/C9H4F3N3O2S2/c10-9(11,12)7-13-14-8(19-7)18-6-3-1-5(2-4-6)15(16)17/h1-4H. The van der Waals surface area contributed by atoms with Crippen LogP contribution < -0.4 is 0 Å². The number of hydrogen-bond acceptors (Lipinski definition) is 6. The summed E-state index contributed by atoms with van der Waals surface area (Å²) < 4.78 is 37.0. The largest absolute Gasteiger partial charge is 0.445 e. The summed E-state index contributed by atoms with van der Waals surface area (Å²) in [6, 6.07) is 5.43. The van der Waals surface area contributed by atoms with Gasteiger partial charge in [0.05, 0.1) is 4.92 Å². The van der Waals surface area contributed by atoms with Crippen LogP contribution in [0.25, 0.3) is 0 Å². The minimum absolute atomic E-state index is 0.0856. The smallest absolute Gasteiger partial charge is 0.258 e. The molecule has 100 valence electrons. The van der Waals surface area contributed by atoms with Crippen LogP contribution in [0.4, 0.5) is 18.9 Å². The van der Waals surface area contributed by atoms with Crippen molar-refractivity contribution in [1.82, 2.24) is 10.2 Å². The van der Waals surface area contributed by atoms with Crippen molar-refractivity contribution in [3.63, 3.8) is 0 Å². The average Bonchev–Trinajstić information content (AvgIpc) is 2.78. The van der Waals surface area contributed by atoms with Crippen LogP contribution in [0.5, 0.6) is 0 Å². The Morgan fingerprint density at radius 1 is 1.21 bits per heavy atom. The van der Waals surface area contributed by atoms with Crippen molar-refractivity contribution in [2.24, 2.45) is 0 Å². The summed E-state index contributed by atoms with van der Waals surface area (Å²) in [7, 11) is 0. The normalized spacial score (nSPS) is 11.5. The Morgan fingerprint density at radius 3 is 2.32 bits per heavy atom. The number of nitro benzene ring substituents is 1. The fourth-order valence-corrected chi connectivity index (χ4v) is 2.79. The van der Waals surface area contributed by atoms with Gasteiger partial charge >= 0.3 is 6.18 Å². The maximum absolute atomic E-state index is 12.3. The third-order valence-corrected chi connectivity index (χ3v) is 3.93. The average molecular weight is 307 g/mol. The van der Waals surface area contributed by atoms with E-state index in [4.69, 9.17) is 0 Å². The molecule has 0 bridgehead atoms. The second-order valence-corrected chi connectivity index (χ2v) is 5.52. The summed E-state index contributed by atoms with van der Waals surface area (Å²) in [5.41, 5.74) is -0.0856. The number of nitro groups is 1. The summed E-state index contributed by atoms with van der Waals surface area (Å²) in [6.07, 6.45) is -4.51. The molecule has 0 radical (unpaired) electrons. The molecule has 0 fully saturated rings. The van der Waals surface area contributed by atoms with Gasteiger partial charge in [-0.05, 0) is 12.1 Å². The minimum Gasteiger partial charge on any atom is -0.258 e. The number of halogens is 3. The van der Waals surface area contributed by atoms with Crippen LogP contribution in [0.1, 0.15) is 5.01 Å². The van der Waals surface area contributed by atoms with E-state index in [1.54, 1.807) is 0 Å². The number of benzene rings is 1. The fraction of sp³-hybridized carbons (Fsp3) is 0.111. The number of non-ortho nitro benzene ring substituents is 1. The molecule has 0 aliphatic heterocycles. The first-order valence-electron chi connectivity index (χ1n) is 4.69. The van der Waals surface area contributed by atoms with Crippen molar-refractivity contribution in [2.45, 2.75) is 15.4 Å². The van der Waals surface area contributed by atoms with Gasteiger partial charge in [-0.15, -0.1) is 10.2 Å². The van der Waals surface area contributed by atoms with Gasteiger partial charge in [-0.1, -0.05) is 23.1 Å². The maximum atomic E-state index is 12.3. The monoisotopic (exact) mass is 307 g/mol. The van der Waals surface area contributed by atoms with Gasteiger partial charge in [0, 0.05) is 17.0 Å². The number of alkyl halides is 3. The van der Waals surface area contributed by atoms with E-state index in [9.17, 15) is 23.3 Å². The molecular formula is C9H4F3N3O2S2. The molecule has 0 saturated heterocycles. The molecule has 1 aromatic heterocycles. The molecule has 0 saturated carbocycles. The third kappa shape index (κ3) is 3.41. The van der Waals surface area contributed by atoms with Gasteiger partial charge < -0.3 is 0 Å². The van der Waals surface area contributed by atoms with Gasteiger partial charge in [-0.25, -0.2) is 0 Å². The predicted octanol–water partition coefficient (Wildman–Crippen LogP) is 3.62. The van der Waals surface area contributed by atoms with E-state index in [0.717, 1.165) is 11.8 Å². The van der Waals surface area contributed by atoms with E-state index in [1.807, 2.05) is 0 Å². The lowest BCUT2D eigenvalue weighted by Crippen LogP contribution is -2.03. The van der Waals surface area contributed by atoms with Crippen LogP contribution >= 0.6 is 23.1 Å². The van der Waals surface area contributed by atoms with Crippen LogP contribution in [-0.2, 0) is 6.18 Å². The molecule has 2 aromatic rings. The summed E-state index contributed by atoms with van der Waals surface area (Å²) in [5.74, 6) is 0. The number of nitrogens with zero attached hydrogens (tertiary/aromatic N) is 3. The third-order valence-electron chi connectivity index (χ3n) is 1.90. The second kappa shape index (κ2) is 5.13. The SMILES string of the molecule is O=[N+]([O-])c1ccc(Sc2nnc(C(F)(F)F)s2)cc1. The lowest BCUT2D eigenvalue weighted by molar-refractivity contribution is -0.384. The molecule has 10 heteroatoms. The fourth-order valence-electron chi connectivity index (χ4n) is 1.10. The molecule has 0 amide bonds.